The average Bonchev–Trinajstić information content (AvgIpc) is 2.75. The van der Waals surface area contributed by atoms with Crippen LogP contribution in [0.15, 0.2) is 0 Å². The molecule has 0 radical (unpaired) electrons. The molecule has 180 valence electrons. The first kappa shape index (κ1) is 29.4. The molecule has 0 atom stereocenters. The van der Waals surface area contributed by atoms with E-state index >= 15 is 0 Å². The fraction of sp³-hybridized carbons (Fsp3) is 0.963. The number of unbranched alkanes of at least 4 members (excludes halogenated alkanes) is 14. The third-order valence-electron chi connectivity index (χ3n) is 6.42. The summed E-state index contributed by atoms with van der Waals surface area (Å²) in [5.41, 5.74) is -0.228. The van der Waals surface area contributed by atoms with Gasteiger partial charge in [0.25, 0.3) is 0 Å². The Bertz CT molecular complexity index is 361. The predicted octanol–water partition coefficient (Wildman–Crippen LogP) is 8.37. The van der Waals surface area contributed by atoms with E-state index in [1.807, 2.05) is 0 Å². The number of ether oxygens (including phenoxy) is 1. The van der Waals surface area contributed by atoms with E-state index in [1.54, 1.807) is 0 Å². The second kappa shape index (κ2) is 21.7. The van der Waals surface area contributed by atoms with E-state index in [9.17, 15) is 9.90 Å². The maximum atomic E-state index is 12.0. The van der Waals surface area contributed by atoms with Crippen LogP contribution in [-0.4, -0.2) is 24.3 Å². The zero-order valence-corrected chi connectivity index (χ0v) is 20.8. The van der Waals surface area contributed by atoms with E-state index in [-0.39, 0.29) is 18.0 Å². The number of carbonyl (C=O) groups excluding carboxylic acids is 1. The van der Waals surface area contributed by atoms with E-state index in [0.717, 1.165) is 38.5 Å². The Morgan fingerprint density at radius 1 is 0.633 bits per heavy atom. The van der Waals surface area contributed by atoms with Gasteiger partial charge >= 0.3 is 5.97 Å². The van der Waals surface area contributed by atoms with Crippen LogP contribution in [0.2, 0.25) is 0 Å². The highest BCUT2D eigenvalue weighted by Crippen LogP contribution is 2.30. The summed E-state index contributed by atoms with van der Waals surface area (Å²) in [5, 5.41) is 9.78. The molecule has 0 saturated carbocycles. The van der Waals surface area contributed by atoms with Crippen molar-refractivity contribution in [1.82, 2.24) is 0 Å². The minimum absolute atomic E-state index is 0.0882. The lowest BCUT2D eigenvalue weighted by molar-refractivity contribution is -0.149. The van der Waals surface area contributed by atoms with Crippen LogP contribution in [0.5, 0.6) is 0 Å². The van der Waals surface area contributed by atoms with E-state index in [1.165, 1.54) is 83.5 Å². The number of carbonyl (C=O) groups is 1. The first-order chi connectivity index (χ1) is 14.6. The molecular weight excluding hydrogens is 372 g/mol. The van der Waals surface area contributed by atoms with Crippen molar-refractivity contribution in [2.24, 2.45) is 5.41 Å². The Balaban J connectivity index is 3.50. The van der Waals surface area contributed by atoms with Crippen molar-refractivity contribution < 1.29 is 14.6 Å². The summed E-state index contributed by atoms with van der Waals surface area (Å²) in [6, 6.07) is 0. The zero-order chi connectivity index (χ0) is 22.3. The molecule has 3 nitrogen and oxygen atoms in total. The highest BCUT2D eigenvalue weighted by Gasteiger charge is 2.29. The van der Waals surface area contributed by atoms with Crippen molar-refractivity contribution in [1.29, 1.82) is 0 Å². The summed E-state index contributed by atoms with van der Waals surface area (Å²) in [6.07, 6.45) is 24.4. The molecule has 3 heteroatoms. The van der Waals surface area contributed by atoms with Gasteiger partial charge in [-0.25, -0.2) is 0 Å². The van der Waals surface area contributed by atoms with Gasteiger partial charge in [0, 0.05) is 11.8 Å². The lowest BCUT2D eigenvalue weighted by Crippen LogP contribution is -2.32. The number of aliphatic hydroxyl groups excluding tert-OH is 1. The van der Waals surface area contributed by atoms with E-state index < -0.39 is 0 Å². The summed E-state index contributed by atoms with van der Waals surface area (Å²) >= 11 is 0. The molecule has 0 aliphatic carbocycles. The Kier molecular flexibility index (Phi) is 21.2. The molecule has 1 N–H and O–H groups in total. The molecule has 0 aromatic rings. The zero-order valence-electron chi connectivity index (χ0n) is 20.8. The topological polar surface area (TPSA) is 46.5 Å². The Morgan fingerprint density at radius 3 is 1.40 bits per heavy atom. The van der Waals surface area contributed by atoms with E-state index in [2.05, 4.69) is 20.8 Å². The summed E-state index contributed by atoms with van der Waals surface area (Å²) in [4.78, 5) is 12.0. The van der Waals surface area contributed by atoms with Crippen LogP contribution in [0, 0.1) is 5.41 Å². The SMILES string of the molecule is CCCCCCCCCCCCCCCCCC(=O)OCC(CO)(CCC)CCC. The molecule has 0 aliphatic heterocycles. The third-order valence-corrected chi connectivity index (χ3v) is 6.42. The lowest BCUT2D eigenvalue weighted by atomic mass is 9.81. The molecule has 0 rings (SSSR count). The highest BCUT2D eigenvalue weighted by molar-refractivity contribution is 5.69. The average molecular weight is 427 g/mol. The molecule has 0 bridgehead atoms. The van der Waals surface area contributed by atoms with Gasteiger partial charge in [-0.05, 0) is 19.3 Å². The Labute approximate surface area is 188 Å². The van der Waals surface area contributed by atoms with Gasteiger partial charge in [-0.1, -0.05) is 124 Å². The van der Waals surface area contributed by atoms with Gasteiger partial charge in [0.2, 0.25) is 0 Å². The summed E-state index contributed by atoms with van der Waals surface area (Å²) in [6.45, 7) is 7.01. The van der Waals surface area contributed by atoms with Crippen molar-refractivity contribution in [2.45, 2.75) is 149 Å². The first-order valence-corrected chi connectivity index (χ1v) is 13.4. The molecule has 0 aliphatic rings. The first-order valence-electron chi connectivity index (χ1n) is 13.4. The minimum atomic E-state index is -0.228. The maximum Gasteiger partial charge on any atom is 0.305 e. The Hall–Kier alpha value is -0.570. The van der Waals surface area contributed by atoms with Crippen LogP contribution in [-0.2, 0) is 9.53 Å². The molecule has 0 aromatic heterocycles. The molecule has 0 spiro atoms. The summed E-state index contributed by atoms with van der Waals surface area (Å²) < 4.78 is 5.52. The van der Waals surface area contributed by atoms with Crippen LogP contribution in [0.25, 0.3) is 0 Å². The van der Waals surface area contributed by atoms with Crippen molar-refractivity contribution >= 4 is 5.97 Å². The molecule has 0 heterocycles. The van der Waals surface area contributed by atoms with Crippen molar-refractivity contribution in [3.05, 3.63) is 0 Å². The van der Waals surface area contributed by atoms with Crippen LogP contribution in [0.1, 0.15) is 149 Å². The summed E-state index contributed by atoms with van der Waals surface area (Å²) in [5.74, 6) is -0.0882. The highest BCUT2D eigenvalue weighted by atomic mass is 16.5. The van der Waals surface area contributed by atoms with Crippen LogP contribution < -0.4 is 0 Å². The van der Waals surface area contributed by atoms with Gasteiger partial charge in [0.05, 0.1) is 13.2 Å². The van der Waals surface area contributed by atoms with E-state index in [4.69, 9.17) is 4.74 Å². The third kappa shape index (κ3) is 17.1. The van der Waals surface area contributed by atoms with Crippen molar-refractivity contribution in [2.75, 3.05) is 13.2 Å². The summed E-state index contributed by atoms with van der Waals surface area (Å²) in [7, 11) is 0. The lowest BCUT2D eigenvalue weighted by Gasteiger charge is -2.30. The van der Waals surface area contributed by atoms with Gasteiger partial charge in [-0.3, -0.25) is 4.79 Å². The van der Waals surface area contributed by atoms with Crippen LogP contribution in [0.4, 0.5) is 0 Å². The number of rotatable bonds is 23. The van der Waals surface area contributed by atoms with Crippen molar-refractivity contribution in [3.8, 4) is 0 Å². The molecule has 0 unspecified atom stereocenters. The van der Waals surface area contributed by atoms with Crippen molar-refractivity contribution in [3.63, 3.8) is 0 Å². The number of hydrogen-bond acceptors (Lipinski definition) is 3. The fourth-order valence-electron chi connectivity index (χ4n) is 4.48. The Morgan fingerprint density at radius 2 is 1.03 bits per heavy atom. The smallest absolute Gasteiger partial charge is 0.305 e. The maximum absolute atomic E-state index is 12.0. The predicted molar refractivity (Wildman–Crippen MR) is 130 cm³/mol. The quantitative estimate of drug-likeness (QED) is 0.132. The second-order valence-corrected chi connectivity index (χ2v) is 9.52. The molecule has 0 saturated heterocycles. The standard InChI is InChI=1S/C27H54O3/c1-4-7-8-9-10-11-12-13-14-15-16-17-18-19-20-21-26(29)30-25-27(24-28,22-5-2)23-6-3/h28H,4-25H2,1-3H3. The van der Waals surface area contributed by atoms with Crippen LogP contribution >= 0.6 is 0 Å². The number of esters is 1. The van der Waals surface area contributed by atoms with Gasteiger partial charge in [-0.15, -0.1) is 0 Å². The largest absolute Gasteiger partial charge is 0.465 e. The minimum Gasteiger partial charge on any atom is -0.465 e. The number of hydrogen-bond donors (Lipinski definition) is 1. The number of aliphatic hydroxyl groups is 1. The molecule has 0 fully saturated rings. The normalized spacial score (nSPS) is 11.7. The van der Waals surface area contributed by atoms with Gasteiger partial charge in [0.15, 0.2) is 0 Å². The van der Waals surface area contributed by atoms with Crippen LogP contribution in [0.3, 0.4) is 0 Å². The molecule has 0 aromatic carbocycles. The second-order valence-electron chi connectivity index (χ2n) is 9.52. The monoisotopic (exact) mass is 426 g/mol. The molecular formula is C27H54O3. The molecule has 0 amide bonds. The van der Waals surface area contributed by atoms with Gasteiger partial charge in [-0.2, -0.15) is 0 Å². The van der Waals surface area contributed by atoms with Gasteiger partial charge in [0.1, 0.15) is 0 Å². The van der Waals surface area contributed by atoms with E-state index in [0.29, 0.717) is 13.0 Å². The fourth-order valence-corrected chi connectivity index (χ4v) is 4.48. The van der Waals surface area contributed by atoms with Gasteiger partial charge < -0.3 is 9.84 Å². The molecule has 30 heavy (non-hydrogen) atoms.